The fraction of sp³-hybridized carbons (Fsp3) is 0.333. The highest BCUT2D eigenvalue weighted by molar-refractivity contribution is 5.92. The third-order valence-corrected chi connectivity index (χ3v) is 4.61. The number of aliphatic carboxylic acids is 1. The first-order chi connectivity index (χ1) is 12.3. The van der Waals surface area contributed by atoms with Crippen LogP contribution in [0.1, 0.15) is 23.1 Å². The molecule has 0 spiro atoms. The van der Waals surface area contributed by atoms with Gasteiger partial charge in [0.05, 0.1) is 5.92 Å². The molecule has 26 heavy (non-hydrogen) atoms. The molecule has 1 saturated heterocycles. The van der Waals surface area contributed by atoms with Gasteiger partial charge in [-0.2, -0.15) is 5.10 Å². The fourth-order valence-corrected chi connectivity index (χ4v) is 3.17. The van der Waals surface area contributed by atoms with Crippen LogP contribution in [0.3, 0.4) is 0 Å². The summed E-state index contributed by atoms with van der Waals surface area (Å²) < 4.78 is 15.3. The van der Waals surface area contributed by atoms with Crippen LogP contribution >= 0.6 is 0 Å². The van der Waals surface area contributed by atoms with Crippen molar-refractivity contribution < 1.29 is 19.1 Å². The molecule has 8 heteroatoms. The number of halogens is 1. The van der Waals surface area contributed by atoms with E-state index >= 15 is 0 Å². The molecule has 1 aromatic heterocycles. The van der Waals surface area contributed by atoms with Crippen LogP contribution in [-0.4, -0.2) is 44.8 Å². The third kappa shape index (κ3) is 3.10. The second-order valence-corrected chi connectivity index (χ2v) is 6.49. The van der Waals surface area contributed by atoms with Crippen LogP contribution in [-0.2, 0) is 4.79 Å². The minimum absolute atomic E-state index is 0.0179. The number of benzene rings is 1. The molecule has 1 aliphatic heterocycles. The van der Waals surface area contributed by atoms with Crippen molar-refractivity contribution in [1.29, 1.82) is 0 Å². The minimum Gasteiger partial charge on any atom is -0.481 e. The van der Waals surface area contributed by atoms with Crippen molar-refractivity contribution in [1.82, 2.24) is 14.7 Å². The van der Waals surface area contributed by atoms with E-state index in [-0.39, 0.29) is 30.4 Å². The summed E-state index contributed by atoms with van der Waals surface area (Å²) in [6.45, 7) is 3.58. The Hall–Kier alpha value is -3.03. The van der Waals surface area contributed by atoms with Crippen LogP contribution in [0.4, 0.5) is 4.39 Å². The van der Waals surface area contributed by atoms with Gasteiger partial charge in [-0.1, -0.05) is 19.1 Å². The molecule has 0 aliphatic carbocycles. The quantitative estimate of drug-likeness (QED) is 0.896. The Balaban J connectivity index is 2.00. The molecule has 1 aromatic carbocycles. The predicted molar refractivity (Wildman–Crippen MR) is 90.7 cm³/mol. The van der Waals surface area contributed by atoms with Crippen molar-refractivity contribution in [2.24, 2.45) is 11.8 Å². The zero-order valence-corrected chi connectivity index (χ0v) is 14.3. The Morgan fingerprint density at radius 3 is 2.58 bits per heavy atom. The molecule has 136 valence electrons. The van der Waals surface area contributed by atoms with E-state index in [1.165, 1.54) is 33.8 Å². The van der Waals surface area contributed by atoms with Crippen LogP contribution in [0, 0.1) is 24.6 Å². The van der Waals surface area contributed by atoms with E-state index < -0.39 is 29.0 Å². The average Bonchev–Trinajstić information content (AvgIpc) is 2.97. The zero-order chi connectivity index (χ0) is 19.0. The van der Waals surface area contributed by atoms with Gasteiger partial charge >= 0.3 is 5.97 Å². The number of hydrogen-bond donors (Lipinski definition) is 1. The summed E-state index contributed by atoms with van der Waals surface area (Å²) in [5.41, 5.74) is -0.421. The summed E-state index contributed by atoms with van der Waals surface area (Å²) in [4.78, 5) is 37.6. The Morgan fingerprint density at radius 2 is 1.96 bits per heavy atom. The Bertz CT molecular complexity index is 940. The lowest BCUT2D eigenvalue weighted by Gasteiger charge is -2.17. The van der Waals surface area contributed by atoms with Crippen LogP contribution in [0.15, 0.2) is 35.1 Å². The molecule has 7 nitrogen and oxygen atoms in total. The summed E-state index contributed by atoms with van der Waals surface area (Å²) in [7, 11) is 0. The maximum absolute atomic E-state index is 14.1. The predicted octanol–water partition coefficient (Wildman–Crippen LogP) is 1.47. The highest BCUT2D eigenvalue weighted by Crippen LogP contribution is 2.24. The maximum Gasteiger partial charge on any atom is 0.308 e. The smallest absolute Gasteiger partial charge is 0.308 e. The van der Waals surface area contributed by atoms with Gasteiger partial charge in [-0.3, -0.25) is 14.4 Å². The minimum atomic E-state index is -0.978. The van der Waals surface area contributed by atoms with Gasteiger partial charge in [-0.25, -0.2) is 9.07 Å². The van der Waals surface area contributed by atoms with E-state index in [1.54, 1.807) is 19.9 Å². The molecular weight excluding hydrogens is 341 g/mol. The lowest BCUT2D eigenvalue weighted by atomic mass is 9.99. The first kappa shape index (κ1) is 17.8. The van der Waals surface area contributed by atoms with Crippen molar-refractivity contribution in [3.63, 3.8) is 0 Å². The normalized spacial score (nSPS) is 19.6. The van der Waals surface area contributed by atoms with Crippen molar-refractivity contribution in [3.05, 3.63) is 57.8 Å². The van der Waals surface area contributed by atoms with Gasteiger partial charge in [-0.15, -0.1) is 0 Å². The fourth-order valence-electron chi connectivity index (χ4n) is 3.17. The number of rotatable bonds is 3. The molecule has 1 amide bonds. The molecule has 1 fully saturated rings. The number of carboxylic acids is 1. The third-order valence-electron chi connectivity index (χ3n) is 4.61. The first-order valence-electron chi connectivity index (χ1n) is 8.17. The van der Waals surface area contributed by atoms with Crippen LogP contribution < -0.4 is 5.43 Å². The van der Waals surface area contributed by atoms with E-state index in [1.807, 2.05) is 0 Å². The van der Waals surface area contributed by atoms with E-state index in [9.17, 15) is 23.9 Å². The molecular formula is C18H18FN3O4. The molecule has 0 radical (unpaired) electrons. The number of likely N-dealkylation sites (tertiary alicyclic amines) is 1. The number of amides is 1. The Labute approximate surface area is 148 Å². The summed E-state index contributed by atoms with van der Waals surface area (Å²) >= 11 is 0. The average molecular weight is 359 g/mol. The topological polar surface area (TPSA) is 92.5 Å². The summed E-state index contributed by atoms with van der Waals surface area (Å²) in [5, 5.41) is 13.3. The van der Waals surface area contributed by atoms with Crippen molar-refractivity contribution in [2.45, 2.75) is 13.8 Å². The van der Waals surface area contributed by atoms with Gasteiger partial charge in [0.15, 0.2) is 5.69 Å². The number of carbonyl (C=O) groups is 2. The number of aryl methyl sites for hydroxylation is 1. The maximum atomic E-state index is 14.1. The van der Waals surface area contributed by atoms with Crippen molar-refractivity contribution in [2.75, 3.05) is 13.1 Å². The Morgan fingerprint density at radius 1 is 1.27 bits per heavy atom. The largest absolute Gasteiger partial charge is 0.481 e. The summed E-state index contributed by atoms with van der Waals surface area (Å²) in [5.74, 6) is -3.07. The lowest BCUT2D eigenvalue weighted by molar-refractivity contribution is -0.142. The van der Waals surface area contributed by atoms with E-state index in [0.717, 1.165) is 0 Å². The second kappa shape index (κ2) is 6.70. The lowest BCUT2D eigenvalue weighted by Crippen LogP contribution is -2.35. The van der Waals surface area contributed by atoms with Gasteiger partial charge < -0.3 is 10.0 Å². The number of para-hydroxylation sites is 1. The zero-order valence-electron chi connectivity index (χ0n) is 14.3. The van der Waals surface area contributed by atoms with Gasteiger partial charge in [-0.05, 0) is 25.0 Å². The van der Waals surface area contributed by atoms with Crippen LogP contribution in [0.25, 0.3) is 5.69 Å². The molecule has 0 saturated carbocycles. The van der Waals surface area contributed by atoms with Crippen LogP contribution in [0.5, 0.6) is 0 Å². The molecule has 2 atom stereocenters. The summed E-state index contributed by atoms with van der Waals surface area (Å²) in [6.07, 6.45) is 0. The van der Waals surface area contributed by atoms with E-state index in [2.05, 4.69) is 5.10 Å². The monoisotopic (exact) mass is 359 g/mol. The molecule has 1 N–H and O–H groups in total. The van der Waals surface area contributed by atoms with Crippen LogP contribution in [0.2, 0.25) is 0 Å². The molecule has 2 aromatic rings. The number of hydrogen-bond acceptors (Lipinski definition) is 4. The molecule has 0 unspecified atom stereocenters. The van der Waals surface area contributed by atoms with Gasteiger partial charge in [0.1, 0.15) is 11.5 Å². The number of carboxylic acid groups (broad SMARTS) is 1. The molecule has 3 rings (SSSR count). The molecule has 1 aliphatic rings. The van der Waals surface area contributed by atoms with E-state index in [0.29, 0.717) is 5.69 Å². The molecule has 0 bridgehead atoms. The number of nitrogens with zero attached hydrogens (tertiary/aromatic N) is 3. The van der Waals surface area contributed by atoms with Gasteiger partial charge in [0, 0.05) is 24.8 Å². The van der Waals surface area contributed by atoms with Crippen molar-refractivity contribution in [3.8, 4) is 5.69 Å². The second-order valence-electron chi connectivity index (χ2n) is 6.49. The first-order valence-corrected chi connectivity index (χ1v) is 8.17. The highest BCUT2D eigenvalue weighted by Gasteiger charge is 2.38. The van der Waals surface area contributed by atoms with Gasteiger partial charge in [0.25, 0.3) is 5.91 Å². The SMILES string of the molecule is Cc1cc(=O)c(C(=O)N2C[C@@H](C)[C@H](C(=O)O)C2)nn1-c1ccccc1F. The van der Waals surface area contributed by atoms with Gasteiger partial charge in [0.2, 0.25) is 5.43 Å². The Kier molecular flexibility index (Phi) is 4.58. The highest BCUT2D eigenvalue weighted by atomic mass is 19.1. The standard InChI is InChI=1S/C18H18FN3O4/c1-10-8-21(9-12(10)18(25)26)17(24)16-15(23)7-11(2)22(20-16)14-6-4-3-5-13(14)19/h3-7,10,12H,8-9H2,1-2H3,(H,25,26)/t10-,12-/m1/s1. The summed E-state index contributed by atoms with van der Waals surface area (Å²) in [6, 6.07) is 7.13. The van der Waals surface area contributed by atoms with Crippen molar-refractivity contribution >= 4 is 11.9 Å². The number of carbonyl (C=O) groups excluding carboxylic acids is 1. The van der Waals surface area contributed by atoms with E-state index in [4.69, 9.17) is 0 Å². The number of aromatic nitrogens is 2. The molecule has 2 heterocycles.